The first-order valence-corrected chi connectivity index (χ1v) is 4.49. The molecule has 2 heteroatoms. The number of aliphatic carboxylic acids is 1. The van der Waals surface area contributed by atoms with Crippen LogP contribution in [0.1, 0.15) is 6.42 Å². The minimum atomic E-state index is -0.699. The van der Waals surface area contributed by atoms with E-state index in [9.17, 15) is 4.79 Å². The lowest BCUT2D eigenvalue weighted by molar-refractivity contribution is -0.141. The number of hydrogen-bond acceptors (Lipinski definition) is 1. The number of carboxylic acid groups (broad SMARTS) is 1. The summed E-state index contributed by atoms with van der Waals surface area (Å²) in [6.07, 6.45) is 13.0. The third kappa shape index (κ3) is 0.600. The van der Waals surface area contributed by atoms with E-state index in [0.29, 0.717) is 0 Å². The van der Waals surface area contributed by atoms with Gasteiger partial charge in [0.2, 0.25) is 0 Å². The average Bonchev–Trinajstić information content (AvgIpc) is 2.65. The average molecular weight is 174 g/mol. The van der Waals surface area contributed by atoms with Crippen LogP contribution < -0.4 is 0 Å². The van der Waals surface area contributed by atoms with Crippen molar-refractivity contribution in [3.63, 3.8) is 0 Å². The van der Waals surface area contributed by atoms with E-state index < -0.39 is 5.97 Å². The van der Waals surface area contributed by atoms with Crippen LogP contribution in [0.3, 0.4) is 0 Å². The number of carbonyl (C=O) groups is 1. The summed E-state index contributed by atoms with van der Waals surface area (Å²) in [4.78, 5) is 11.0. The van der Waals surface area contributed by atoms with Crippen LogP contribution in [0.25, 0.3) is 0 Å². The van der Waals surface area contributed by atoms with Crippen molar-refractivity contribution in [3.05, 3.63) is 36.5 Å². The van der Waals surface area contributed by atoms with Crippen molar-refractivity contribution in [1.29, 1.82) is 0 Å². The second-order valence-electron chi connectivity index (χ2n) is 4.15. The molecule has 0 heterocycles. The van der Waals surface area contributed by atoms with Crippen LogP contribution in [0.5, 0.6) is 0 Å². The van der Waals surface area contributed by atoms with Gasteiger partial charge in [-0.2, -0.15) is 0 Å². The molecule has 0 amide bonds. The fraction of sp³-hybridized carbons (Fsp3) is 0.364. The number of rotatable bonds is 1. The zero-order valence-electron chi connectivity index (χ0n) is 7.10. The first-order chi connectivity index (χ1) is 6.20. The molecule has 3 atom stereocenters. The lowest BCUT2D eigenvalue weighted by Crippen LogP contribution is -2.22. The summed E-state index contributed by atoms with van der Waals surface area (Å²) in [6.45, 7) is 0. The maximum absolute atomic E-state index is 11.0. The molecule has 0 aromatic heterocycles. The molecule has 3 aliphatic carbocycles. The van der Waals surface area contributed by atoms with Gasteiger partial charge in [-0.25, -0.2) is 0 Å². The number of carboxylic acids is 1. The predicted octanol–water partition coefficient (Wildman–Crippen LogP) is 1.76. The molecule has 0 spiro atoms. The minimum Gasteiger partial charge on any atom is -0.481 e. The molecule has 1 saturated carbocycles. The highest BCUT2D eigenvalue weighted by Crippen LogP contribution is 2.75. The highest BCUT2D eigenvalue weighted by Gasteiger charge is 2.71. The molecular weight excluding hydrogens is 164 g/mol. The van der Waals surface area contributed by atoms with Crippen LogP contribution in [-0.4, -0.2) is 11.1 Å². The molecule has 0 aliphatic heterocycles. The second-order valence-corrected chi connectivity index (χ2v) is 4.15. The highest BCUT2D eigenvalue weighted by atomic mass is 16.4. The fourth-order valence-electron chi connectivity index (χ4n) is 2.84. The number of hydrogen-bond donors (Lipinski definition) is 1. The fourth-order valence-corrected chi connectivity index (χ4v) is 2.84. The first-order valence-electron chi connectivity index (χ1n) is 4.49. The van der Waals surface area contributed by atoms with E-state index in [-0.39, 0.29) is 16.7 Å². The Bertz CT molecular complexity index is 378. The third-order valence-electron chi connectivity index (χ3n) is 3.63. The van der Waals surface area contributed by atoms with Crippen molar-refractivity contribution in [2.24, 2.45) is 16.7 Å². The molecule has 0 bridgehead atoms. The molecule has 3 rings (SSSR count). The summed E-state index contributed by atoms with van der Waals surface area (Å²) < 4.78 is 0. The van der Waals surface area contributed by atoms with Crippen LogP contribution in [0, 0.1) is 16.7 Å². The molecular formula is C11H10O2. The van der Waals surface area contributed by atoms with Gasteiger partial charge in [0.15, 0.2) is 0 Å². The zero-order valence-corrected chi connectivity index (χ0v) is 7.10. The smallest absolute Gasteiger partial charge is 0.311 e. The van der Waals surface area contributed by atoms with Crippen molar-refractivity contribution in [2.45, 2.75) is 6.42 Å². The van der Waals surface area contributed by atoms with Gasteiger partial charge >= 0.3 is 5.97 Å². The molecule has 2 nitrogen and oxygen atoms in total. The van der Waals surface area contributed by atoms with Crippen LogP contribution >= 0.6 is 0 Å². The van der Waals surface area contributed by atoms with Crippen molar-refractivity contribution in [1.82, 2.24) is 0 Å². The van der Waals surface area contributed by atoms with Gasteiger partial charge < -0.3 is 5.11 Å². The van der Waals surface area contributed by atoms with Crippen LogP contribution in [0.2, 0.25) is 0 Å². The summed E-state index contributed by atoms with van der Waals surface area (Å²) in [5.74, 6) is -1.01. The molecule has 0 aromatic rings. The maximum Gasteiger partial charge on any atom is 0.311 e. The van der Waals surface area contributed by atoms with Crippen molar-refractivity contribution in [2.75, 3.05) is 0 Å². The molecule has 66 valence electrons. The summed E-state index contributed by atoms with van der Waals surface area (Å²) in [5, 5.41) is 9.03. The summed E-state index contributed by atoms with van der Waals surface area (Å²) >= 11 is 0. The predicted molar refractivity (Wildman–Crippen MR) is 48.0 cm³/mol. The Balaban J connectivity index is 2.09. The standard InChI is InChI=1S/C11H10O2/c12-9(13)8-3-6-10-4-1-2-5-11(8,10)7-10/h1-6,8H,7H2,(H,12,13)/t8-,10+,11+/m0/s1. The summed E-state index contributed by atoms with van der Waals surface area (Å²) in [7, 11) is 0. The Morgan fingerprint density at radius 1 is 1.31 bits per heavy atom. The van der Waals surface area contributed by atoms with Gasteiger partial charge in [-0.15, -0.1) is 0 Å². The van der Waals surface area contributed by atoms with Crippen LogP contribution in [0.15, 0.2) is 36.5 Å². The van der Waals surface area contributed by atoms with E-state index in [1.54, 1.807) is 0 Å². The zero-order chi connectivity index (χ0) is 9.10. The molecule has 0 aromatic carbocycles. The van der Waals surface area contributed by atoms with E-state index in [1.807, 2.05) is 18.2 Å². The van der Waals surface area contributed by atoms with Crippen LogP contribution in [-0.2, 0) is 4.79 Å². The van der Waals surface area contributed by atoms with Gasteiger partial charge in [0, 0.05) is 10.8 Å². The van der Waals surface area contributed by atoms with Gasteiger partial charge in [-0.1, -0.05) is 36.5 Å². The Kier molecular flexibility index (Phi) is 0.981. The van der Waals surface area contributed by atoms with Crippen LogP contribution in [0.4, 0.5) is 0 Å². The SMILES string of the molecule is O=C(O)[C@@H]1C=C[C@@]23C=CC=C[C@@]12C3. The molecule has 0 radical (unpaired) electrons. The van der Waals surface area contributed by atoms with Crippen molar-refractivity contribution < 1.29 is 9.90 Å². The minimum absolute atomic E-state index is 0.0603. The molecule has 0 saturated heterocycles. The molecule has 0 unspecified atom stereocenters. The quantitative estimate of drug-likeness (QED) is 0.615. The topological polar surface area (TPSA) is 37.3 Å². The van der Waals surface area contributed by atoms with E-state index in [4.69, 9.17) is 5.11 Å². The van der Waals surface area contributed by atoms with Gasteiger partial charge in [0.05, 0.1) is 5.92 Å². The van der Waals surface area contributed by atoms with Gasteiger partial charge in [0.25, 0.3) is 0 Å². The van der Waals surface area contributed by atoms with E-state index in [2.05, 4.69) is 18.2 Å². The van der Waals surface area contributed by atoms with Gasteiger partial charge in [0.1, 0.15) is 0 Å². The lowest BCUT2D eigenvalue weighted by atomic mass is 9.84. The Morgan fingerprint density at radius 2 is 2.08 bits per heavy atom. The van der Waals surface area contributed by atoms with Gasteiger partial charge in [-0.3, -0.25) is 4.79 Å². The summed E-state index contributed by atoms with van der Waals surface area (Å²) in [5.41, 5.74) is -0.0433. The Labute approximate surface area is 76.3 Å². The van der Waals surface area contributed by atoms with Crippen molar-refractivity contribution in [3.8, 4) is 0 Å². The molecule has 1 fully saturated rings. The summed E-state index contributed by atoms with van der Waals surface area (Å²) in [6, 6.07) is 0. The Hall–Kier alpha value is -1.31. The van der Waals surface area contributed by atoms with E-state index in [0.717, 1.165) is 6.42 Å². The third-order valence-corrected chi connectivity index (χ3v) is 3.63. The lowest BCUT2D eigenvalue weighted by Gasteiger charge is -2.18. The van der Waals surface area contributed by atoms with Crippen molar-refractivity contribution >= 4 is 5.97 Å². The molecule has 3 aliphatic rings. The normalized spacial score (nSPS) is 48.8. The number of allylic oxidation sites excluding steroid dienone is 5. The molecule has 13 heavy (non-hydrogen) atoms. The Morgan fingerprint density at radius 3 is 2.85 bits per heavy atom. The highest BCUT2D eigenvalue weighted by molar-refractivity contribution is 5.78. The van der Waals surface area contributed by atoms with E-state index >= 15 is 0 Å². The largest absolute Gasteiger partial charge is 0.481 e. The first kappa shape index (κ1) is 7.13. The van der Waals surface area contributed by atoms with Gasteiger partial charge in [-0.05, 0) is 6.42 Å². The monoisotopic (exact) mass is 174 g/mol. The molecule has 1 N–H and O–H groups in total. The van der Waals surface area contributed by atoms with E-state index in [1.165, 1.54) is 0 Å². The second kappa shape index (κ2) is 1.79. The maximum atomic E-state index is 11.0.